The zero-order valence-corrected chi connectivity index (χ0v) is 7.15. The van der Waals surface area contributed by atoms with Crippen molar-refractivity contribution >= 4 is 13.5 Å². The van der Waals surface area contributed by atoms with Crippen LogP contribution < -0.4 is 5.32 Å². The lowest BCUT2D eigenvalue weighted by molar-refractivity contribution is 0.313. The van der Waals surface area contributed by atoms with Gasteiger partial charge in [-0.1, -0.05) is 0 Å². The number of nitrogens with one attached hydrogen (secondary N) is 1. The van der Waals surface area contributed by atoms with E-state index >= 15 is 0 Å². The highest BCUT2D eigenvalue weighted by molar-refractivity contribution is 7.59. The van der Waals surface area contributed by atoms with Gasteiger partial charge in [0.25, 0.3) is 0 Å². The van der Waals surface area contributed by atoms with Crippen LogP contribution in [-0.2, 0) is 0 Å². The van der Waals surface area contributed by atoms with Gasteiger partial charge >= 0.3 is 0 Å². The summed E-state index contributed by atoms with van der Waals surface area (Å²) in [5, 5.41) is 3.31. The predicted molar refractivity (Wildman–Crippen MR) is 45.3 cm³/mol. The lowest BCUT2D eigenvalue weighted by atomic mass is 10.2. The Balaban J connectivity index is 0.000000640. The Morgan fingerprint density at radius 1 is 1.44 bits per heavy atom. The summed E-state index contributed by atoms with van der Waals surface area (Å²) in [6, 6.07) is 0.787. The van der Waals surface area contributed by atoms with E-state index in [4.69, 9.17) is 0 Å². The Hall–Kier alpha value is 0.270. The molecule has 1 aliphatic heterocycles. The van der Waals surface area contributed by atoms with E-state index in [1.165, 1.54) is 19.5 Å². The van der Waals surface area contributed by atoms with Crippen LogP contribution >= 0.6 is 13.5 Å². The van der Waals surface area contributed by atoms with Gasteiger partial charge in [0.05, 0.1) is 0 Å². The van der Waals surface area contributed by atoms with Crippen molar-refractivity contribution in [3.8, 4) is 0 Å². The summed E-state index contributed by atoms with van der Waals surface area (Å²) in [6.07, 6.45) is 1.31. The molecule has 1 rings (SSSR count). The van der Waals surface area contributed by atoms with E-state index in [0.717, 1.165) is 6.04 Å². The van der Waals surface area contributed by atoms with Crippen LogP contribution in [0.5, 0.6) is 0 Å². The van der Waals surface area contributed by atoms with E-state index in [-0.39, 0.29) is 13.5 Å². The minimum absolute atomic E-state index is 0. The summed E-state index contributed by atoms with van der Waals surface area (Å²) >= 11 is 0. The molecule has 0 radical (unpaired) electrons. The average molecular weight is 148 g/mol. The first-order chi connectivity index (χ1) is 3.80. The third-order valence-corrected chi connectivity index (χ3v) is 1.76. The molecule has 0 aliphatic carbocycles. The molecule has 1 fully saturated rings. The molecule has 2 nitrogen and oxygen atoms in total. The monoisotopic (exact) mass is 148 g/mol. The van der Waals surface area contributed by atoms with E-state index in [2.05, 4.69) is 24.3 Å². The molecule has 0 amide bonds. The smallest absolute Gasteiger partial charge is 0.0226 e. The van der Waals surface area contributed by atoms with Crippen LogP contribution in [-0.4, -0.2) is 38.1 Å². The standard InChI is InChI=1S/C6H14N2.H2S/c1-8(2)6-3-4-7-5-6;/h6-7H,3-5H2,1-2H3;1H2/t6-;/m0./s1. The molecule has 1 aliphatic rings. The van der Waals surface area contributed by atoms with Crippen LogP contribution in [0.3, 0.4) is 0 Å². The van der Waals surface area contributed by atoms with Gasteiger partial charge in [-0.2, -0.15) is 13.5 Å². The molecule has 1 saturated heterocycles. The quantitative estimate of drug-likeness (QED) is 0.564. The van der Waals surface area contributed by atoms with Gasteiger partial charge in [0.1, 0.15) is 0 Å². The second kappa shape index (κ2) is 4.14. The van der Waals surface area contributed by atoms with Gasteiger partial charge in [-0.05, 0) is 27.1 Å². The third kappa shape index (κ3) is 2.56. The molecule has 0 bridgehead atoms. The first-order valence-electron chi connectivity index (χ1n) is 3.18. The zero-order valence-electron chi connectivity index (χ0n) is 6.15. The van der Waals surface area contributed by atoms with Crippen molar-refractivity contribution in [2.75, 3.05) is 27.2 Å². The van der Waals surface area contributed by atoms with Crippen molar-refractivity contribution in [1.82, 2.24) is 10.2 Å². The van der Waals surface area contributed by atoms with Gasteiger partial charge < -0.3 is 10.2 Å². The molecular formula is C6H16N2S. The number of likely N-dealkylation sites (N-methyl/N-ethyl adjacent to an activating group) is 1. The Labute approximate surface area is 64.1 Å². The van der Waals surface area contributed by atoms with Crippen LogP contribution in [0.4, 0.5) is 0 Å². The molecule has 1 atom stereocenters. The van der Waals surface area contributed by atoms with Crippen molar-refractivity contribution in [2.24, 2.45) is 0 Å². The summed E-state index contributed by atoms with van der Waals surface area (Å²) in [7, 11) is 4.27. The molecule has 0 aromatic heterocycles. The molecule has 0 spiro atoms. The van der Waals surface area contributed by atoms with E-state index in [1.807, 2.05) is 0 Å². The van der Waals surface area contributed by atoms with Crippen molar-refractivity contribution in [1.29, 1.82) is 0 Å². The van der Waals surface area contributed by atoms with Crippen LogP contribution in [0.15, 0.2) is 0 Å². The Morgan fingerprint density at radius 3 is 2.33 bits per heavy atom. The van der Waals surface area contributed by atoms with Crippen LogP contribution in [0.25, 0.3) is 0 Å². The molecule has 1 heterocycles. The van der Waals surface area contributed by atoms with Crippen LogP contribution in [0.2, 0.25) is 0 Å². The topological polar surface area (TPSA) is 15.3 Å². The minimum atomic E-state index is 0. The highest BCUT2D eigenvalue weighted by Gasteiger charge is 2.14. The second-order valence-electron chi connectivity index (χ2n) is 2.61. The predicted octanol–water partition coefficient (Wildman–Crippen LogP) is 0.0227. The molecule has 3 heteroatoms. The van der Waals surface area contributed by atoms with Crippen molar-refractivity contribution in [2.45, 2.75) is 12.5 Å². The van der Waals surface area contributed by atoms with E-state index < -0.39 is 0 Å². The minimum Gasteiger partial charge on any atom is -0.315 e. The normalized spacial score (nSPS) is 26.3. The molecule has 0 unspecified atom stereocenters. The lowest BCUT2D eigenvalue weighted by Gasteiger charge is -2.16. The maximum Gasteiger partial charge on any atom is 0.0226 e. The summed E-state index contributed by atoms with van der Waals surface area (Å²) in [4.78, 5) is 2.28. The maximum atomic E-state index is 3.31. The van der Waals surface area contributed by atoms with Crippen molar-refractivity contribution in [3.63, 3.8) is 0 Å². The fourth-order valence-corrected chi connectivity index (χ4v) is 1.08. The highest BCUT2D eigenvalue weighted by Crippen LogP contribution is 2.01. The summed E-state index contributed by atoms with van der Waals surface area (Å²) in [6.45, 7) is 2.37. The fraction of sp³-hybridized carbons (Fsp3) is 1.00. The van der Waals surface area contributed by atoms with Gasteiger partial charge in [0.15, 0.2) is 0 Å². The van der Waals surface area contributed by atoms with Crippen LogP contribution in [0, 0.1) is 0 Å². The van der Waals surface area contributed by atoms with Gasteiger partial charge in [-0.25, -0.2) is 0 Å². The van der Waals surface area contributed by atoms with Gasteiger partial charge in [0, 0.05) is 12.6 Å². The molecule has 0 aromatic rings. The van der Waals surface area contributed by atoms with Crippen LogP contribution in [0.1, 0.15) is 6.42 Å². The first-order valence-corrected chi connectivity index (χ1v) is 3.18. The molecule has 9 heavy (non-hydrogen) atoms. The zero-order chi connectivity index (χ0) is 5.98. The third-order valence-electron chi connectivity index (χ3n) is 1.76. The Kier molecular flexibility index (Phi) is 4.27. The van der Waals surface area contributed by atoms with Gasteiger partial charge in [-0.15, -0.1) is 0 Å². The number of hydrogen-bond acceptors (Lipinski definition) is 2. The summed E-state index contributed by atoms with van der Waals surface area (Å²) in [5.41, 5.74) is 0. The summed E-state index contributed by atoms with van der Waals surface area (Å²) < 4.78 is 0. The summed E-state index contributed by atoms with van der Waals surface area (Å²) in [5.74, 6) is 0. The lowest BCUT2D eigenvalue weighted by Crippen LogP contribution is -2.29. The van der Waals surface area contributed by atoms with Crippen molar-refractivity contribution in [3.05, 3.63) is 0 Å². The SMILES string of the molecule is CN(C)[C@H]1CCNC1.S. The Morgan fingerprint density at radius 2 is 2.11 bits per heavy atom. The largest absolute Gasteiger partial charge is 0.315 e. The molecule has 1 N–H and O–H groups in total. The first kappa shape index (κ1) is 9.27. The average Bonchev–Trinajstić information content (AvgIpc) is 2.12. The van der Waals surface area contributed by atoms with Gasteiger partial charge in [-0.3, -0.25) is 0 Å². The van der Waals surface area contributed by atoms with E-state index in [9.17, 15) is 0 Å². The van der Waals surface area contributed by atoms with E-state index in [1.54, 1.807) is 0 Å². The van der Waals surface area contributed by atoms with E-state index in [0.29, 0.717) is 0 Å². The fourth-order valence-electron chi connectivity index (χ4n) is 1.08. The number of rotatable bonds is 1. The maximum absolute atomic E-state index is 3.31. The molecule has 0 aromatic carbocycles. The molecule has 0 saturated carbocycles. The highest BCUT2D eigenvalue weighted by atomic mass is 32.1. The molecular weight excluding hydrogens is 132 g/mol. The number of hydrogen-bond donors (Lipinski definition) is 1. The van der Waals surface area contributed by atoms with Gasteiger partial charge in [0.2, 0.25) is 0 Å². The number of nitrogens with zero attached hydrogens (tertiary/aromatic N) is 1. The molecule has 56 valence electrons. The van der Waals surface area contributed by atoms with Crippen molar-refractivity contribution < 1.29 is 0 Å². The Bertz CT molecular complexity index is 69.5. The second-order valence-corrected chi connectivity index (χ2v) is 2.61.